The molecule has 2 heteroatoms. The average molecular weight is 199 g/mol. The second-order valence-corrected chi connectivity index (χ2v) is 4.43. The number of nitrogens with two attached hydrogens (primary N) is 1. The molecular formula is C12H25NO. The van der Waals surface area contributed by atoms with Crippen molar-refractivity contribution in [2.24, 2.45) is 17.1 Å². The summed E-state index contributed by atoms with van der Waals surface area (Å²) in [5, 5.41) is 0. The predicted octanol–water partition coefficient (Wildman–Crippen LogP) is 2.76. The highest BCUT2D eigenvalue weighted by Crippen LogP contribution is 2.26. The number of rotatable bonds is 7. The maximum Gasteiger partial charge on any atom is 0.140 e. The van der Waals surface area contributed by atoms with Crippen molar-refractivity contribution in [3.63, 3.8) is 0 Å². The van der Waals surface area contributed by atoms with E-state index < -0.39 is 0 Å². The zero-order valence-electron chi connectivity index (χ0n) is 10.1. The number of carbonyl (C=O) groups is 1. The van der Waals surface area contributed by atoms with E-state index in [2.05, 4.69) is 13.8 Å². The minimum absolute atomic E-state index is 0.289. The zero-order chi connectivity index (χ0) is 11.2. The fraction of sp³-hybridized carbons (Fsp3) is 0.917. The molecule has 0 aromatic rings. The Kier molecular flexibility index (Phi) is 6.01. The van der Waals surface area contributed by atoms with Gasteiger partial charge in [-0.2, -0.15) is 0 Å². The van der Waals surface area contributed by atoms with E-state index in [1.807, 2.05) is 13.8 Å². The van der Waals surface area contributed by atoms with E-state index in [0.29, 0.717) is 24.7 Å². The molecule has 0 aromatic heterocycles. The van der Waals surface area contributed by atoms with Gasteiger partial charge in [0.05, 0.1) is 0 Å². The second kappa shape index (κ2) is 6.18. The highest BCUT2D eigenvalue weighted by Gasteiger charge is 2.30. The van der Waals surface area contributed by atoms with E-state index in [-0.39, 0.29) is 5.41 Å². The SMILES string of the molecule is CCC(CC)CC(=O)C(C)(CC)CN. The molecule has 0 aliphatic heterocycles. The Bertz CT molecular complexity index is 169. The van der Waals surface area contributed by atoms with E-state index in [4.69, 9.17) is 5.73 Å². The van der Waals surface area contributed by atoms with Gasteiger partial charge in [-0.3, -0.25) is 4.79 Å². The molecule has 14 heavy (non-hydrogen) atoms. The molecule has 1 atom stereocenters. The normalized spacial score (nSPS) is 15.6. The summed E-state index contributed by atoms with van der Waals surface area (Å²) in [5.41, 5.74) is 5.37. The molecule has 0 fully saturated rings. The Labute approximate surface area is 88.3 Å². The molecule has 2 nitrogen and oxygen atoms in total. The summed E-state index contributed by atoms with van der Waals surface area (Å²) >= 11 is 0. The molecule has 0 aliphatic carbocycles. The van der Waals surface area contributed by atoms with E-state index in [1.54, 1.807) is 0 Å². The number of carbonyl (C=O) groups excluding carboxylic acids is 1. The van der Waals surface area contributed by atoms with E-state index >= 15 is 0 Å². The Balaban J connectivity index is 4.30. The van der Waals surface area contributed by atoms with Gasteiger partial charge in [0.1, 0.15) is 5.78 Å². The van der Waals surface area contributed by atoms with Crippen LogP contribution in [0.1, 0.15) is 53.4 Å². The quantitative estimate of drug-likeness (QED) is 0.685. The van der Waals surface area contributed by atoms with Crippen LogP contribution in [0.4, 0.5) is 0 Å². The summed E-state index contributed by atoms with van der Waals surface area (Å²) in [4.78, 5) is 12.0. The van der Waals surface area contributed by atoms with E-state index in [9.17, 15) is 4.79 Å². The lowest BCUT2D eigenvalue weighted by molar-refractivity contribution is -0.128. The minimum atomic E-state index is -0.289. The lowest BCUT2D eigenvalue weighted by Gasteiger charge is -2.26. The summed E-state index contributed by atoms with van der Waals surface area (Å²) in [5.74, 6) is 0.885. The third kappa shape index (κ3) is 3.41. The smallest absolute Gasteiger partial charge is 0.140 e. The van der Waals surface area contributed by atoms with Gasteiger partial charge < -0.3 is 5.73 Å². The highest BCUT2D eigenvalue weighted by atomic mass is 16.1. The van der Waals surface area contributed by atoms with Gasteiger partial charge in [-0.25, -0.2) is 0 Å². The highest BCUT2D eigenvalue weighted by molar-refractivity contribution is 5.84. The van der Waals surface area contributed by atoms with Crippen LogP contribution in [-0.4, -0.2) is 12.3 Å². The van der Waals surface area contributed by atoms with Gasteiger partial charge in [0.15, 0.2) is 0 Å². The van der Waals surface area contributed by atoms with Crippen molar-refractivity contribution in [1.82, 2.24) is 0 Å². The molecule has 1 unspecified atom stereocenters. The molecule has 0 saturated heterocycles. The lowest BCUT2D eigenvalue weighted by atomic mass is 9.78. The summed E-state index contributed by atoms with van der Waals surface area (Å²) in [6.45, 7) is 8.79. The van der Waals surface area contributed by atoms with Gasteiger partial charge in [0, 0.05) is 18.4 Å². The molecule has 0 aromatic carbocycles. The standard InChI is InChI=1S/C12H25NO/c1-5-10(6-2)8-11(14)12(4,7-3)9-13/h10H,5-9,13H2,1-4H3. The van der Waals surface area contributed by atoms with Crippen molar-refractivity contribution in [2.45, 2.75) is 53.4 Å². The van der Waals surface area contributed by atoms with Crippen molar-refractivity contribution in [1.29, 1.82) is 0 Å². The van der Waals surface area contributed by atoms with Crippen molar-refractivity contribution >= 4 is 5.78 Å². The maximum atomic E-state index is 12.0. The van der Waals surface area contributed by atoms with Crippen LogP contribution in [0.3, 0.4) is 0 Å². The third-order valence-electron chi connectivity index (χ3n) is 3.53. The molecule has 84 valence electrons. The van der Waals surface area contributed by atoms with Crippen molar-refractivity contribution < 1.29 is 4.79 Å². The molecule has 0 saturated carbocycles. The first kappa shape index (κ1) is 13.6. The second-order valence-electron chi connectivity index (χ2n) is 4.43. The van der Waals surface area contributed by atoms with Crippen molar-refractivity contribution in [3.05, 3.63) is 0 Å². The molecule has 0 spiro atoms. The Morgan fingerprint density at radius 1 is 1.29 bits per heavy atom. The zero-order valence-corrected chi connectivity index (χ0v) is 10.1. The van der Waals surface area contributed by atoms with E-state index in [0.717, 1.165) is 19.3 Å². The molecule has 0 amide bonds. The van der Waals surface area contributed by atoms with Gasteiger partial charge >= 0.3 is 0 Å². The van der Waals surface area contributed by atoms with Crippen LogP contribution in [-0.2, 0) is 4.79 Å². The topological polar surface area (TPSA) is 43.1 Å². The van der Waals surface area contributed by atoms with Gasteiger partial charge in [-0.05, 0) is 12.3 Å². The molecule has 0 heterocycles. The maximum absolute atomic E-state index is 12.0. The number of Topliss-reactive ketones (excluding diaryl/α,β-unsaturated/α-hetero) is 1. The van der Waals surface area contributed by atoms with Crippen molar-refractivity contribution in [3.8, 4) is 0 Å². The van der Waals surface area contributed by atoms with Gasteiger partial charge in [-0.1, -0.05) is 40.5 Å². The molecular weight excluding hydrogens is 174 g/mol. The van der Waals surface area contributed by atoms with Gasteiger partial charge in [0.25, 0.3) is 0 Å². The summed E-state index contributed by atoms with van der Waals surface area (Å²) < 4.78 is 0. The van der Waals surface area contributed by atoms with E-state index in [1.165, 1.54) is 0 Å². The first-order valence-electron chi connectivity index (χ1n) is 5.77. The van der Waals surface area contributed by atoms with Crippen LogP contribution < -0.4 is 5.73 Å². The average Bonchev–Trinajstić information content (AvgIpc) is 2.24. The van der Waals surface area contributed by atoms with Gasteiger partial charge in [-0.15, -0.1) is 0 Å². The molecule has 2 N–H and O–H groups in total. The summed E-state index contributed by atoms with van der Waals surface area (Å²) in [6.07, 6.45) is 3.73. The molecule has 0 radical (unpaired) electrons. The number of hydrogen-bond acceptors (Lipinski definition) is 2. The summed E-state index contributed by atoms with van der Waals surface area (Å²) in [7, 11) is 0. The number of hydrogen-bond donors (Lipinski definition) is 1. The van der Waals surface area contributed by atoms with Crippen LogP contribution in [0.5, 0.6) is 0 Å². The monoisotopic (exact) mass is 199 g/mol. The Morgan fingerprint density at radius 3 is 2.07 bits per heavy atom. The van der Waals surface area contributed by atoms with Crippen LogP contribution >= 0.6 is 0 Å². The Hall–Kier alpha value is -0.370. The summed E-state index contributed by atoms with van der Waals surface area (Å²) in [6, 6.07) is 0. The first-order chi connectivity index (χ1) is 6.53. The molecule has 0 bridgehead atoms. The lowest BCUT2D eigenvalue weighted by Crippen LogP contribution is -2.36. The predicted molar refractivity (Wildman–Crippen MR) is 61.1 cm³/mol. The Morgan fingerprint density at radius 2 is 1.79 bits per heavy atom. The van der Waals surface area contributed by atoms with Gasteiger partial charge in [0.2, 0.25) is 0 Å². The van der Waals surface area contributed by atoms with Crippen LogP contribution in [0, 0.1) is 11.3 Å². The molecule has 0 rings (SSSR count). The fourth-order valence-electron chi connectivity index (χ4n) is 1.54. The largest absolute Gasteiger partial charge is 0.329 e. The van der Waals surface area contributed by atoms with Crippen molar-refractivity contribution in [2.75, 3.05) is 6.54 Å². The third-order valence-corrected chi connectivity index (χ3v) is 3.53. The minimum Gasteiger partial charge on any atom is -0.329 e. The first-order valence-corrected chi connectivity index (χ1v) is 5.77. The van der Waals surface area contributed by atoms with Crippen LogP contribution in [0.25, 0.3) is 0 Å². The van der Waals surface area contributed by atoms with Crippen LogP contribution in [0.2, 0.25) is 0 Å². The fourth-order valence-corrected chi connectivity index (χ4v) is 1.54. The van der Waals surface area contributed by atoms with Crippen LogP contribution in [0.15, 0.2) is 0 Å². The molecule has 0 aliphatic rings. The number of ketones is 1.